The van der Waals surface area contributed by atoms with Gasteiger partial charge in [-0.3, -0.25) is 30.6 Å². The van der Waals surface area contributed by atoms with Crippen molar-refractivity contribution in [2.75, 3.05) is 5.32 Å². The standard InChI is InChI=1S/C25H24N4O3S/c1-2-6-22(30)26-20-14-11-19(12-15-20)24(32)28-29-25(33)27-23(31)16-13-18-9-5-8-17-7-3-4-10-21(17)18/h3-5,7-16H,2,6H2,1H3,(H,26,30)(H,28,32)(H2,27,29,31,33). The Morgan fingerprint density at radius 3 is 2.39 bits per heavy atom. The van der Waals surface area contributed by atoms with Gasteiger partial charge in [0.2, 0.25) is 11.8 Å². The Bertz CT molecular complexity index is 1200. The molecule has 3 rings (SSSR count). The molecule has 0 aliphatic rings. The summed E-state index contributed by atoms with van der Waals surface area (Å²) in [5.74, 6) is -0.946. The molecule has 0 aliphatic carbocycles. The van der Waals surface area contributed by atoms with E-state index in [4.69, 9.17) is 12.2 Å². The first-order valence-corrected chi connectivity index (χ1v) is 10.8. The average molecular weight is 461 g/mol. The second-order valence-electron chi connectivity index (χ2n) is 7.17. The number of anilines is 1. The molecule has 33 heavy (non-hydrogen) atoms. The highest BCUT2D eigenvalue weighted by molar-refractivity contribution is 7.80. The molecule has 3 aromatic rings. The van der Waals surface area contributed by atoms with Crippen LogP contribution in [0, 0.1) is 0 Å². The molecule has 3 amide bonds. The van der Waals surface area contributed by atoms with Crippen LogP contribution in [0.25, 0.3) is 16.8 Å². The number of amides is 3. The minimum atomic E-state index is -0.440. The molecule has 7 nitrogen and oxygen atoms in total. The van der Waals surface area contributed by atoms with Gasteiger partial charge in [-0.05, 0) is 65.3 Å². The minimum Gasteiger partial charge on any atom is -0.326 e. The third-order valence-corrected chi connectivity index (χ3v) is 4.88. The van der Waals surface area contributed by atoms with Gasteiger partial charge in [-0.15, -0.1) is 0 Å². The molecule has 8 heteroatoms. The van der Waals surface area contributed by atoms with Gasteiger partial charge >= 0.3 is 0 Å². The zero-order valence-electron chi connectivity index (χ0n) is 18.1. The van der Waals surface area contributed by atoms with Crippen LogP contribution < -0.4 is 21.5 Å². The lowest BCUT2D eigenvalue weighted by Gasteiger charge is -2.10. The molecule has 0 fully saturated rings. The van der Waals surface area contributed by atoms with E-state index in [-0.39, 0.29) is 11.0 Å². The van der Waals surface area contributed by atoms with Gasteiger partial charge < -0.3 is 5.32 Å². The first-order valence-electron chi connectivity index (χ1n) is 10.4. The highest BCUT2D eigenvalue weighted by Gasteiger charge is 2.08. The van der Waals surface area contributed by atoms with E-state index in [0.29, 0.717) is 17.7 Å². The predicted molar refractivity (Wildman–Crippen MR) is 134 cm³/mol. The van der Waals surface area contributed by atoms with Gasteiger partial charge in [0.1, 0.15) is 0 Å². The zero-order valence-corrected chi connectivity index (χ0v) is 18.9. The second kappa shape index (κ2) is 11.5. The first-order chi connectivity index (χ1) is 16.0. The van der Waals surface area contributed by atoms with Crippen molar-refractivity contribution in [1.29, 1.82) is 0 Å². The molecule has 0 saturated heterocycles. The summed E-state index contributed by atoms with van der Waals surface area (Å²) in [5, 5.41) is 7.31. The molecular weight excluding hydrogens is 436 g/mol. The van der Waals surface area contributed by atoms with Crippen LogP contribution in [0.3, 0.4) is 0 Å². The summed E-state index contributed by atoms with van der Waals surface area (Å²) < 4.78 is 0. The number of hydrogen-bond donors (Lipinski definition) is 4. The van der Waals surface area contributed by atoms with Crippen molar-refractivity contribution in [3.8, 4) is 0 Å². The largest absolute Gasteiger partial charge is 0.326 e. The van der Waals surface area contributed by atoms with E-state index in [1.807, 2.05) is 49.4 Å². The predicted octanol–water partition coefficient (Wildman–Crippen LogP) is 3.93. The van der Waals surface area contributed by atoms with Crippen LogP contribution in [0.5, 0.6) is 0 Å². The number of benzene rings is 3. The summed E-state index contributed by atoms with van der Waals surface area (Å²) in [6.07, 6.45) is 4.28. The molecule has 0 aromatic heterocycles. The van der Waals surface area contributed by atoms with Crippen molar-refractivity contribution in [2.24, 2.45) is 0 Å². The molecule has 0 heterocycles. The second-order valence-corrected chi connectivity index (χ2v) is 7.58. The first kappa shape index (κ1) is 23.6. The lowest BCUT2D eigenvalue weighted by Crippen LogP contribution is -2.48. The van der Waals surface area contributed by atoms with E-state index in [2.05, 4.69) is 21.5 Å². The number of thiocarbonyl (C=S) groups is 1. The summed E-state index contributed by atoms with van der Waals surface area (Å²) in [4.78, 5) is 36.1. The van der Waals surface area contributed by atoms with Gasteiger partial charge in [0, 0.05) is 23.7 Å². The van der Waals surface area contributed by atoms with Crippen LogP contribution in [0.4, 0.5) is 5.69 Å². The number of fused-ring (bicyclic) bond motifs is 1. The third kappa shape index (κ3) is 6.98. The number of rotatable bonds is 6. The minimum absolute atomic E-state index is 0.0423. The van der Waals surface area contributed by atoms with Crippen molar-refractivity contribution in [3.05, 3.63) is 83.9 Å². The maximum absolute atomic E-state index is 12.3. The zero-order chi connectivity index (χ0) is 23.6. The van der Waals surface area contributed by atoms with Crippen LogP contribution in [0.2, 0.25) is 0 Å². The fourth-order valence-corrected chi connectivity index (χ4v) is 3.24. The molecule has 168 valence electrons. The fourth-order valence-electron chi connectivity index (χ4n) is 3.09. The summed E-state index contributed by atoms with van der Waals surface area (Å²) in [5.41, 5.74) is 6.80. The van der Waals surface area contributed by atoms with Crippen LogP contribution >= 0.6 is 12.2 Å². The number of hydrazine groups is 1. The number of carbonyl (C=O) groups is 3. The van der Waals surface area contributed by atoms with E-state index in [9.17, 15) is 14.4 Å². The summed E-state index contributed by atoms with van der Waals surface area (Å²) in [7, 11) is 0. The molecule has 0 bridgehead atoms. The Morgan fingerprint density at radius 1 is 0.909 bits per heavy atom. The van der Waals surface area contributed by atoms with Gasteiger partial charge in [-0.1, -0.05) is 49.4 Å². The van der Waals surface area contributed by atoms with Crippen LogP contribution in [0.15, 0.2) is 72.8 Å². The van der Waals surface area contributed by atoms with Gasteiger partial charge in [-0.2, -0.15) is 0 Å². The van der Waals surface area contributed by atoms with Gasteiger partial charge in [0.25, 0.3) is 5.91 Å². The van der Waals surface area contributed by atoms with Gasteiger partial charge in [0.05, 0.1) is 0 Å². The quantitative estimate of drug-likeness (QED) is 0.254. The molecule has 3 aromatic carbocycles. The van der Waals surface area contributed by atoms with Gasteiger partial charge in [0.15, 0.2) is 5.11 Å². The van der Waals surface area contributed by atoms with Crippen LogP contribution in [-0.2, 0) is 9.59 Å². The molecule has 0 unspecified atom stereocenters. The Balaban J connectivity index is 1.48. The topological polar surface area (TPSA) is 99.3 Å². The molecule has 0 aliphatic heterocycles. The van der Waals surface area contributed by atoms with Crippen molar-refractivity contribution in [1.82, 2.24) is 16.2 Å². The Hall–Kier alpha value is -4.04. The maximum Gasteiger partial charge on any atom is 0.269 e. The fraction of sp³-hybridized carbons (Fsp3) is 0.120. The number of nitrogens with one attached hydrogen (secondary N) is 4. The monoisotopic (exact) mass is 460 g/mol. The number of hydrogen-bond acceptors (Lipinski definition) is 4. The van der Waals surface area contributed by atoms with E-state index in [1.165, 1.54) is 6.08 Å². The van der Waals surface area contributed by atoms with Crippen molar-refractivity contribution in [3.63, 3.8) is 0 Å². The average Bonchev–Trinajstić information content (AvgIpc) is 2.81. The number of carbonyl (C=O) groups excluding carboxylic acids is 3. The summed E-state index contributed by atoms with van der Waals surface area (Å²) >= 11 is 5.06. The maximum atomic E-state index is 12.3. The molecule has 0 radical (unpaired) electrons. The van der Waals surface area contributed by atoms with E-state index < -0.39 is 11.8 Å². The van der Waals surface area contributed by atoms with Crippen molar-refractivity contribution < 1.29 is 14.4 Å². The molecular formula is C25H24N4O3S. The molecule has 4 N–H and O–H groups in total. The van der Waals surface area contributed by atoms with Crippen LogP contribution in [0.1, 0.15) is 35.7 Å². The summed E-state index contributed by atoms with van der Waals surface area (Å²) in [6, 6.07) is 20.2. The van der Waals surface area contributed by atoms with E-state index in [0.717, 1.165) is 22.8 Å². The van der Waals surface area contributed by atoms with E-state index >= 15 is 0 Å². The third-order valence-electron chi connectivity index (χ3n) is 4.67. The molecule has 0 spiro atoms. The lowest BCUT2D eigenvalue weighted by molar-refractivity contribution is -0.116. The highest BCUT2D eigenvalue weighted by Crippen LogP contribution is 2.19. The summed E-state index contributed by atoms with van der Waals surface area (Å²) in [6.45, 7) is 1.92. The van der Waals surface area contributed by atoms with E-state index in [1.54, 1.807) is 30.3 Å². The van der Waals surface area contributed by atoms with Crippen LogP contribution in [-0.4, -0.2) is 22.8 Å². The molecule has 0 atom stereocenters. The van der Waals surface area contributed by atoms with Crippen molar-refractivity contribution >= 4 is 57.6 Å². The highest BCUT2D eigenvalue weighted by atomic mass is 32.1. The smallest absolute Gasteiger partial charge is 0.269 e. The van der Waals surface area contributed by atoms with Gasteiger partial charge in [-0.25, -0.2) is 0 Å². The SMILES string of the molecule is CCCC(=O)Nc1ccc(C(=O)NNC(=S)NC(=O)C=Cc2cccc3ccccc23)cc1. The Labute approximate surface area is 197 Å². The van der Waals surface area contributed by atoms with Crippen molar-refractivity contribution in [2.45, 2.75) is 19.8 Å². The Morgan fingerprint density at radius 2 is 1.64 bits per heavy atom. The lowest BCUT2D eigenvalue weighted by atomic mass is 10.0. The Kier molecular flexibility index (Phi) is 8.26. The molecule has 0 saturated carbocycles. The normalized spacial score (nSPS) is 10.6.